The lowest BCUT2D eigenvalue weighted by molar-refractivity contribution is -0.125. The van der Waals surface area contributed by atoms with E-state index < -0.39 is 17.4 Å². The number of carbonyl (C=O) groups is 2. The highest BCUT2D eigenvalue weighted by Gasteiger charge is 2.09. The van der Waals surface area contributed by atoms with Gasteiger partial charge in [0, 0.05) is 11.6 Å². The van der Waals surface area contributed by atoms with Gasteiger partial charge in [-0.1, -0.05) is 12.1 Å². The summed E-state index contributed by atoms with van der Waals surface area (Å²) < 4.78 is 6.16. The molecule has 0 saturated carbocycles. The molecule has 8 nitrogen and oxygen atoms in total. The quantitative estimate of drug-likeness (QED) is 0.746. The number of methoxy groups -OCH3 is 1. The van der Waals surface area contributed by atoms with Crippen LogP contribution in [0.4, 0.5) is 0 Å². The Morgan fingerprint density at radius 3 is 2.78 bits per heavy atom. The highest BCUT2D eigenvalue weighted by atomic mass is 16.5. The maximum absolute atomic E-state index is 11.8. The number of carbonyl (C=O) groups excluding carboxylic acids is 2. The molecular formula is C15H16N4O4. The summed E-state index contributed by atoms with van der Waals surface area (Å²) in [5.74, 6) is -0.536. The fourth-order valence-corrected chi connectivity index (χ4v) is 1.88. The van der Waals surface area contributed by atoms with E-state index in [4.69, 9.17) is 10.5 Å². The Kier molecular flexibility index (Phi) is 5.08. The molecule has 0 aliphatic heterocycles. The van der Waals surface area contributed by atoms with Crippen LogP contribution in [0.1, 0.15) is 0 Å². The molecule has 0 aliphatic carbocycles. The Balaban J connectivity index is 2.23. The smallest absolute Gasteiger partial charge is 0.267 e. The Hall–Kier alpha value is -3.16. The second-order valence-electron chi connectivity index (χ2n) is 4.69. The summed E-state index contributed by atoms with van der Waals surface area (Å²) in [6.07, 6.45) is 0. The first-order valence-electron chi connectivity index (χ1n) is 6.77. The summed E-state index contributed by atoms with van der Waals surface area (Å²) in [5.41, 5.74) is 5.78. The number of benzene rings is 1. The van der Waals surface area contributed by atoms with Gasteiger partial charge in [-0.3, -0.25) is 14.4 Å². The van der Waals surface area contributed by atoms with Gasteiger partial charge in [0.25, 0.3) is 5.56 Å². The van der Waals surface area contributed by atoms with Gasteiger partial charge in [-0.15, -0.1) is 0 Å². The molecule has 0 radical (unpaired) electrons. The summed E-state index contributed by atoms with van der Waals surface area (Å²) in [6, 6.07) is 10.1. The molecule has 3 N–H and O–H groups in total. The number of rotatable bonds is 6. The molecule has 2 rings (SSSR count). The molecule has 0 bridgehead atoms. The molecule has 120 valence electrons. The van der Waals surface area contributed by atoms with Gasteiger partial charge in [-0.05, 0) is 18.2 Å². The summed E-state index contributed by atoms with van der Waals surface area (Å²) in [5, 5.41) is 6.46. The summed E-state index contributed by atoms with van der Waals surface area (Å²) >= 11 is 0. The first-order valence-corrected chi connectivity index (χ1v) is 6.77. The van der Waals surface area contributed by atoms with Gasteiger partial charge in [0.15, 0.2) is 0 Å². The van der Waals surface area contributed by atoms with Gasteiger partial charge < -0.3 is 15.8 Å². The van der Waals surface area contributed by atoms with Crippen molar-refractivity contribution in [1.29, 1.82) is 0 Å². The topological polar surface area (TPSA) is 116 Å². The molecule has 0 aliphatic rings. The largest absolute Gasteiger partial charge is 0.497 e. The molecule has 8 heteroatoms. The molecule has 0 fully saturated rings. The van der Waals surface area contributed by atoms with Gasteiger partial charge in [0.05, 0.1) is 19.3 Å². The van der Waals surface area contributed by atoms with Crippen LogP contribution >= 0.6 is 0 Å². The first kappa shape index (κ1) is 16.2. The van der Waals surface area contributed by atoms with E-state index in [0.29, 0.717) is 11.4 Å². The number of nitrogens with two attached hydrogens (primary N) is 1. The van der Waals surface area contributed by atoms with Crippen LogP contribution in [0, 0.1) is 0 Å². The van der Waals surface area contributed by atoms with Crippen LogP contribution < -0.4 is 21.3 Å². The average Bonchev–Trinajstić information content (AvgIpc) is 2.55. The van der Waals surface area contributed by atoms with Crippen LogP contribution in [0.3, 0.4) is 0 Å². The minimum absolute atomic E-state index is 0.289. The van der Waals surface area contributed by atoms with E-state index in [9.17, 15) is 14.4 Å². The van der Waals surface area contributed by atoms with E-state index in [1.807, 2.05) is 6.07 Å². The van der Waals surface area contributed by atoms with Crippen LogP contribution in [0.5, 0.6) is 5.75 Å². The number of amides is 2. The van der Waals surface area contributed by atoms with E-state index >= 15 is 0 Å². The maximum Gasteiger partial charge on any atom is 0.267 e. The number of primary amides is 1. The molecule has 23 heavy (non-hydrogen) atoms. The van der Waals surface area contributed by atoms with Gasteiger partial charge in [-0.25, -0.2) is 4.68 Å². The van der Waals surface area contributed by atoms with Crippen molar-refractivity contribution in [2.45, 2.75) is 6.54 Å². The number of nitrogens with zero attached hydrogens (tertiary/aromatic N) is 2. The van der Waals surface area contributed by atoms with Crippen LogP contribution in [0.2, 0.25) is 0 Å². The third-order valence-corrected chi connectivity index (χ3v) is 2.99. The van der Waals surface area contributed by atoms with Crippen molar-refractivity contribution in [2.24, 2.45) is 5.73 Å². The molecule has 0 atom stereocenters. The minimum Gasteiger partial charge on any atom is -0.497 e. The first-order chi connectivity index (χ1) is 11.0. The zero-order valence-electron chi connectivity index (χ0n) is 12.5. The monoisotopic (exact) mass is 316 g/mol. The van der Waals surface area contributed by atoms with E-state index in [2.05, 4.69) is 10.4 Å². The van der Waals surface area contributed by atoms with Crippen LogP contribution in [0.25, 0.3) is 11.3 Å². The Morgan fingerprint density at radius 2 is 2.09 bits per heavy atom. The number of hydrogen-bond acceptors (Lipinski definition) is 5. The lowest BCUT2D eigenvalue weighted by Crippen LogP contribution is -2.38. The third-order valence-electron chi connectivity index (χ3n) is 2.99. The average molecular weight is 316 g/mol. The lowest BCUT2D eigenvalue weighted by Gasteiger charge is -2.08. The second kappa shape index (κ2) is 7.21. The Labute approximate surface area is 131 Å². The van der Waals surface area contributed by atoms with Crippen molar-refractivity contribution < 1.29 is 14.3 Å². The lowest BCUT2D eigenvalue weighted by atomic mass is 10.1. The van der Waals surface area contributed by atoms with Crippen LogP contribution in [0.15, 0.2) is 41.2 Å². The molecular weight excluding hydrogens is 300 g/mol. The van der Waals surface area contributed by atoms with Crippen molar-refractivity contribution in [3.63, 3.8) is 0 Å². The fourth-order valence-electron chi connectivity index (χ4n) is 1.88. The van der Waals surface area contributed by atoms with E-state index in [1.54, 1.807) is 31.4 Å². The molecule has 0 spiro atoms. The SMILES string of the molecule is COc1cccc(-c2ccc(=O)n(CC(=O)NCC(N)=O)n2)c1. The van der Waals surface area contributed by atoms with Gasteiger partial charge >= 0.3 is 0 Å². The van der Waals surface area contributed by atoms with Gasteiger partial charge in [-0.2, -0.15) is 5.10 Å². The van der Waals surface area contributed by atoms with E-state index in [0.717, 1.165) is 10.2 Å². The highest BCUT2D eigenvalue weighted by Crippen LogP contribution is 2.20. The zero-order valence-corrected chi connectivity index (χ0v) is 12.5. The maximum atomic E-state index is 11.8. The number of hydrogen-bond donors (Lipinski definition) is 2. The number of aromatic nitrogens is 2. The van der Waals surface area contributed by atoms with Crippen LogP contribution in [-0.2, 0) is 16.1 Å². The summed E-state index contributed by atoms with van der Waals surface area (Å²) in [4.78, 5) is 34.1. The predicted octanol–water partition coefficient (Wildman–Crippen LogP) is -0.480. The predicted molar refractivity (Wildman–Crippen MR) is 82.7 cm³/mol. The standard InChI is InChI=1S/C15H16N4O4/c1-23-11-4-2-3-10(7-11)12-5-6-15(22)19(18-12)9-14(21)17-8-13(16)20/h2-7H,8-9H2,1H3,(H2,16,20)(H,17,21). The van der Waals surface area contributed by atoms with Crippen molar-refractivity contribution in [2.75, 3.05) is 13.7 Å². The highest BCUT2D eigenvalue weighted by molar-refractivity contribution is 5.83. The molecule has 0 unspecified atom stereocenters. The third kappa shape index (κ3) is 4.40. The minimum atomic E-state index is -0.663. The van der Waals surface area contributed by atoms with Gasteiger partial charge in [0.1, 0.15) is 12.3 Å². The van der Waals surface area contributed by atoms with E-state index in [1.165, 1.54) is 6.07 Å². The fraction of sp³-hybridized carbons (Fsp3) is 0.200. The molecule has 1 aromatic heterocycles. The van der Waals surface area contributed by atoms with Crippen molar-refractivity contribution in [3.8, 4) is 17.0 Å². The molecule has 0 saturated heterocycles. The van der Waals surface area contributed by atoms with E-state index in [-0.39, 0.29) is 13.1 Å². The second-order valence-corrected chi connectivity index (χ2v) is 4.69. The van der Waals surface area contributed by atoms with Crippen molar-refractivity contribution in [3.05, 3.63) is 46.8 Å². The van der Waals surface area contributed by atoms with Gasteiger partial charge in [0.2, 0.25) is 11.8 Å². The molecule has 2 aromatic rings. The molecule has 1 aromatic carbocycles. The normalized spacial score (nSPS) is 10.1. The van der Waals surface area contributed by atoms with Crippen molar-refractivity contribution >= 4 is 11.8 Å². The summed E-state index contributed by atoms with van der Waals surface area (Å²) in [7, 11) is 1.55. The summed E-state index contributed by atoms with van der Waals surface area (Å²) in [6.45, 7) is -0.590. The Bertz CT molecular complexity index is 785. The molecule has 2 amide bonds. The zero-order chi connectivity index (χ0) is 16.8. The van der Waals surface area contributed by atoms with Crippen molar-refractivity contribution in [1.82, 2.24) is 15.1 Å². The van der Waals surface area contributed by atoms with Crippen LogP contribution in [-0.4, -0.2) is 35.2 Å². The number of ether oxygens (including phenoxy) is 1. The molecule has 1 heterocycles. The number of nitrogens with one attached hydrogen (secondary N) is 1. The Morgan fingerprint density at radius 1 is 1.30 bits per heavy atom.